The number of nitrogens with two attached hydrogens (primary N) is 1. The number of hydrazine groups is 1. The van der Waals surface area contributed by atoms with Crippen LogP contribution in [-0.2, 0) is 6.42 Å². The van der Waals surface area contributed by atoms with Crippen LogP contribution in [0, 0.1) is 17.8 Å². The van der Waals surface area contributed by atoms with Gasteiger partial charge >= 0.3 is 0 Å². The second-order valence-electron chi connectivity index (χ2n) is 6.88. The van der Waals surface area contributed by atoms with E-state index in [2.05, 4.69) is 43.5 Å². The van der Waals surface area contributed by atoms with Gasteiger partial charge in [0.05, 0.1) is 0 Å². The summed E-state index contributed by atoms with van der Waals surface area (Å²) in [4.78, 5) is 0. The lowest BCUT2D eigenvalue weighted by Crippen LogP contribution is -2.49. The van der Waals surface area contributed by atoms with Gasteiger partial charge in [-0.3, -0.25) is 11.3 Å². The zero-order valence-electron chi connectivity index (χ0n) is 12.1. The first-order valence-corrected chi connectivity index (χ1v) is 7.73. The Hall–Kier alpha value is -0.860. The number of hydrogen-bond acceptors (Lipinski definition) is 2. The molecule has 19 heavy (non-hydrogen) atoms. The number of fused-ring (bicyclic) bond motifs is 1. The smallest absolute Gasteiger partial charge is 0.0310 e. The average molecular weight is 258 g/mol. The number of nitrogens with one attached hydrogen (secondary N) is 1. The quantitative estimate of drug-likeness (QED) is 0.645. The molecule has 0 heterocycles. The van der Waals surface area contributed by atoms with Crippen molar-refractivity contribution in [3.05, 3.63) is 35.4 Å². The fourth-order valence-electron chi connectivity index (χ4n) is 4.50. The minimum atomic E-state index is 0.458. The summed E-state index contributed by atoms with van der Waals surface area (Å²) in [7, 11) is 0. The number of hydrogen-bond donors (Lipinski definition) is 2. The van der Waals surface area contributed by atoms with Crippen molar-refractivity contribution in [1.29, 1.82) is 0 Å². The molecule has 0 aliphatic heterocycles. The van der Waals surface area contributed by atoms with E-state index < -0.39 is 0 Å². The van der Waals surface area contributed by atoms with Gasteiger partial charge in [-0.25, -0.2) is 0 Å². The van der Waals surface area contributed by atoms with Crippen molar-refractivity contribution in [2.45, 2.75) is 51.5 Å². The molecule has 0 saturated heterocycles. The van der Waals surface area contributed by atoms with Gasteiger partial charge in [-0.2, -0.15) is 0 Å². The lowest BCUT2D eigenvalue weighted by atomic mass is 9.65. The Morgan fingerprint density at radius 2 is 1.79 bits per heavy atom. The van der Waals surface area contributed by atoms with Gasteiger partial charge in [0.2, 0.25) is 0 Å². The van der Waals surface area contributed by atoms with Crippen molar-refractivity contribution in [2.24, 2.45) is 23.6 Å². The van der Waals surface area contributed by atoms with E-state index >= 15 is 0 Å². The van der Waals surface area contributed by atoms with Gasteiger partial charge in [-0.05, 0) is 54.6 Å². The molecule has 1 aromatic rings. The molecular weight excluding hydrogens is 232 g/mol. The highest BCUT2D eigenvalue weighted by atomic mass is 15.2. The fraction of sp³-hybridized carbons (Fsp3) is 0.647. The summed E-state index contributed by atoms with van der Waals surface area (Å²) in [6.07, 6.45) is 5.25. The Labute approximate surface area is 116 Å². The second-order valence-corrected chi connectivity index (χ2v) is 6.88. The molecule has 1 saturated carbocycles. The van der Waals surface area contributed by atoms with Crippen molar-refractivity contribution < 1.29 is 0 Å². The summed E-state index contributed by atoms with van der Waals surface area (Å²) in [5, 5.41) is 0. The van der Waals surface area contributed by atoms with E-state index in [9.17, 15) is 0 Å². The van der Waals surface area contributed by atoms with Crippen LogP contribution in [0.15, 0.2) is 24.3 Å². The topological polar surface area (TPSA) is 38.0 Å². The van der Waals surface area contributed by atoms with Gasteiger partial charge < -0.3 is 0 Å². The molecule has 104 valence electrons. The Kier molecular flexibility index (Phi) is 3.64. The molecule has 3 rings (SSSR count). The summed E-state index contributed by atoms with van der Waals surface area (Å²) < 4.78 is 0. The van der Waals surface area contributed by atoms with Gasteiger partial charge in [-0.15, -0.1) is 0 Å². The maximum absolute atomic E-state index is 5.91. The summed E-state index contributed by atoms with van der Waals surface area (Å²) >= 11 is 0. The van der Waals surface area contributed by atoms with Crippen LogP contribution >= 0.6 is 0 Å². The Balaban J connectivity index is 1.75. The van der Waals surface area contributed by atoms with E-state index in [-0.39, 0.29) is 0 Å². The van der Waals surface area contributed by atoms with Crippen LogP contribution in [0.4, 0.5) is 0 Å². The highest BCUT2D eigenvalue weighted by Gasteiger charge is 2.39. The fourth-order valence-corrected chi connectivity index (χ4v) is 4.50. The molecule has 2 aliphatic rings. The van der Waals surface area contributed by atoms with Gasteiger partial charge in [-0.1, -0.05) is 38.1 Å². The van der Waals surface area contributed by atoms with Crippen molar-refractivity contribution in [3.8, 4) is 0 Å². The minimum absolute atomic E-state index is 0.458. The molecule has 3 N–H and O–H groups in total. The summed E-state index contributed by atoms with van der Waals surface area (Å²) in [5.74, 6) is 8.97. The summed E-state index contributed by atoms with van der Waals surface area (Å²) in [6.45, 7) is 4.79. The van der Waals surface area contributed by atoms with Crippen LogP contribution < -0.4 is 11.3 Å². The highest BCUT2D eigenvalue weighted by Crippen LogP contribution is 2.44. The molecule has 4 atom stereocenters. The van der Waals surface area contributed by atoms with Crippen molar-refractivity contribution in [3.63, 3.8) is 0 Å². The van der Waals surface area contributed by atoms with Crippen LogP contribution in [0.3, 0.4) is 0 Å². The van der Waals surface area contributed by atoms with Gasteiger partial charge in [0, 0.05) is 12.0 Å². The normalized spacial score (nSPS) is 35.3. The van der Waals surface area contributed by atoms with Crippen LogP contribution in [0.2, 0.25) is 0 Å². The number of benzene rings is 1. The first-order valence-electron chi connectivity index (χ1n) is 7.73. The Morgan fingerprint density at radius 1 is 1.11 bits per heavy atom. The third-order valence-electron chi connectivity index (χ3n) is 5.24. The predicted molar refractivity (Wildman–Crippen MR) is 79.7 cm³/mol. The second kappa shape index (κ2) is 5.26. The predicted octanol–water partition coefficient (Wildman–Crippen LogP) is 3.23. The molecule has 2 aliphatic carbocycles. The molecule has 0 amide bonds. The lowest BCUT2D eigenvalue weighted by molar-refractivity contribution is 0.156. The van der Waals surface area contributed by atoms with E-state index in [0.29, 0.717) is 12.0 Å². The van der Waals surface area contributed by atoms with Crippen molar-refractivity contribution in [2.75, 3.05) is 0 Å². The van der Waals surface area contributed by atoms with Gasteiger partial charge in [0.25, 0.3) is 0 Å². The Bertz CT molecular complexity index is 433. The standard InChI is InChI=1S/C17H26N2/c1-11-7-12(2)9-14(8-11)17(19-18)16-10-13-5-3-4-6-15(13)16/h3-6,11-12,14,16-17,19H,7-10,18H2,1-2H3. The average Bonchev–Trinajstić information content (AvgIpc) is 2.34. The summed E-state index contributed by atoms with van der Waals surface area (Å²) in [5.41, 5.74) is 6.20. The van der Waals surface area contributed by atoms with E-state index in [0.717, 1.165) is 17.8 Å². The zero-order chi connectivity index (χ0) is 13.4. The third-order valence-corrected chi connectivity index (χ3v) is 5.24. The third kappa shape index (κ3) is 2.44. The molecular formula is C17H26N2. The molecule has 0 bridgehead atoms. The van der Waals surface area contributed by atoms with E-state index in [4.69, 9.17) is 5.84 Å². The molecule has 0 aromatic heterocycles. The first kappa shape index (κ1) is 13.1. The van der Waals surface area contributed by atoms with Gasteiger partial charge in [0.1, 0.15) is 0 Å². The largest absolute Gasteiger partial charge is 0.271 e. The van der Waals surface area contributed by atoms with Crippen molar-refractivity contribution in [1.82, 2.24) is 5.43 Å². The maximum Gasteiger partial charge on any atom is 0.0310 e. The molecule has 2 heteroatoms. The molecule has 0 radical (unpaired) electrons. The molecule has 0 spiro atoms. The van der Waals surface area contributed by atoms with Crippen LogP contribution in [0.25, 0.3) is 0 Å². The van der Waals surface area contributed by atoms with Crippen LogP contribution in [-0.4, -0.2) is 6.04 Å². The van der Waals surface area contributed by atoms with E-state index in [1.807, 2.05) is 0 Å². The van der Waals surface area contributed by atoms with Crippen LogP contribution in [0.1, 0.15) is 50.2 Å². The van der Waals surface area contributed by atoms with E-state index in [1.165, 1.54) is 36.8 Å². The number of rotatable bonds is 3. The molecule has 4 unspecified atom stereocenters. The SMILES string of the molecule is CC1CC(C)CC(C(NN)C2Cc3ccccc32)C1. The van der Waals surface area contributed by atoms with Gasteiger partial charge in [0.15, 0.2) is 0 Å². The minimum Gasteiger partial charge on any atom is -0.271 e. The molecule has 1 aromatic carbocycles. The Morgan fingerprint density at radius 3 is 2.42 bits per heavy atom. The molecule has 2 nitrogen and oxygen atoms in total. The van der Waals surface area contributed by atoms with E-state index in [1.54, 1.807) is 0 Å². The maximum atomic E-state index is 5.91. The summed E-state index contributed by atoms with van der Waals surface area (Å²) in [6, 6.07) is 9.30. The monoisotopic (exact) mass is 258 g/mol. The highest BCUT2D eigenvalue weighted by molar-refractivity contribution is 5.41. The zero-order valence-corrected chi connectivity index (χ0v) is 12.1. The van der Waals surface area contributed by atoms with Crippen molar-refractivity contribution >= 4 is 0 Å². The first-order chi connectivity index (χ1) is 9.19. The lowest BCUT2D eigenvalue weighted by Gasteiger charge is -2.43. The molecule has 1 fully saturated rings. The van der Waals surface area contributed by atoms with Crippen LogP contribution in [0.5, 0.6) is 0 Å².